The minimum Gasteiger partial charge on any atom is -0.497 e. The number of amides is 2. The maximum absolute atomic E-state index is 13.2. The molecular weight excluding hydrogens is 484 g/mol. The molecule has 1 atom stereocenters. The number of rotatable bonds is 11. The van der Waals surface area contributed by atoms with Crippen molar-refractivity contribution in [1.82, 2.24) is 10.2 Å². The molecule has 0 spiro atoms. The van der Waals surface area contributed by atoms with Gasteiger partial charge in [0.2, 0.25) is 5.91 Å². The number of carbonyl (C=O) groups is 2. The summed E-state index contributed by atoms with van der Waals surface area (Å²) >= 11 is 9.35. The number of hydrogen-bond donors (Lipinski definition) is 1. The molecule has 31 heavy (non-hydrogen) atoms. The molecule has 0 aliphatic heterocycles. The van der Waals surface area contributed by atoms with Gasteiger partial charge in [-0.2, -0.15) is 0 Å². The van der Waals surface area contributed by atoms with Gasteiger partial charge in [0, 0.05) is 18.1 Å². The molecule has 0 aliphatic carbocycles. The molecule has 0 bridgehead atoms. The van der Waals surface area contributed by atoms with Gasteiger partial charge in [-0.25, -0.2) is 0 Å². The molecule has 6 nitrogen and oxygen atoms in total. The van der Waals surface area contributed by atoms with Crippen molar-refractivity contribution < 1.29 is 19.1 Å². The van der Waals surface area contributed by atoms with Gasteiger partial charge in [0.1, 0.15) is 17.5 Å². The third-order valence-corrected chi connectivity index (χ3v) is 5.55. The first kappa shape index (κ1) is 25.0. The van der Waals surface area contributed by atoms with Gasteiger partial charge in [0.05, 0.1) is 11.6 Å². The second-order valence-electron chi connectivity index (χ2n) is 6.95. The van der Waals surface area contributed by atoms with Crippen molar-refractivity contribution in [1.29, 1.82) is 0 Å². The number of nitrogens with one attached hydrogen (secondary N) is 1. The number of methoxy groups -OCH3 is 1. The van der Waals surface area contributed by atoms with Gasteiger partial charge in [0.15, 0.2) is 6.61 Å². The Hall–Kier alpha value is -2.25. The highest BCUT2D eigenvalue weighted by atomic mass is 79.9. The Balaban J connectivity index is 2.20. The molecule has 0 saturated carbocycles. The van der Waals surface area contributed by atoms with Crippen LogP contribution in [0.1, 0.15) is 32.3 Å². The molecule has 1 unspecified atom stereocenters. The molecule has 2 amide bonds. The topological polar surface area (TPSA) is 67.9 Å². The van der Waals surface area contributed by atoms with E-state index in [-0.39, 0.29) is 25.0 Å². The fourth-order valence-corrected chi connectivity index (χ4v) is 3.82. The highest BCUT2D eigenvalue weighted by Gasteiger charge is 2.28. The maximum Gasteiger partial charge on any atom is 0.261 e. The average molecular weight is 512 g/mol. The largest absolute Gasteiger partial charge is 0.497 e. The molecule has 2 aromatic carbocycles. The van der Waals surface area contributed by atoms with E-state index in [1.165, 1.54) is 0 Å². The number of halogens is 2. The van der Waals surface area contributed by atoms with Crippen molar-refractivity contribution in [3.8, 4) is 11.5 Å². The van der Waals surface area contributed by atoms with Crippen LogP contribution in [-0.2, 0) is 16.1 Å². The zero-order chi connectivity index (χ0) is 22.8. The van der Waals surface area contributed by atoms with E-state index in [0.717, 1.165) is 17.7 Å². The number of hydrogen-bond acceptors (Lipinski definition) is 4. The standard InChI is InChI=1S/C23H28BrClN2O4/c1-4-12-26-23(29)20(5-2)27(14-16-6-9-18(30-3)10-7-16)22(28)15-31-21-11-8-17(25)13-19(21)24/h6-11,13,20H,4-5,12,14-15H2,1-3H3,(H,26,29). The molecule has 0 saturated heterocycles. The highest BCUT2D eigenvalue weighted by molar-refractivity contribution is 9.10. The highest BCUT2D eigenvalue weighted by Crippen LogP contribution is 2.28. The van der Waals surface area contributed by atoms with Crippen LogP contribution < -0.4 is 14.8 Å². The van der Waals surface area contributed by atoms with Crippen molar-refractivity contribution in [3.05, 3.63) is 57.5 Å². The minimum atomic E-state index is -0.599. The summed E-state index contributed by atoms with van der Waals surface area (Å²) in [5, 5.41) is 3.46. The molecule has 1 N–H and O–H groups in total. The first-order valence-corrected chi connectivity index (χ1v) is 11.3. The number of ether oxygens (including phenoxy) is 2. The summed E-state index contributed by atoms with van der Waals surface area (Å²) in [7, 11) is 1.60. The summed E-state index contributed by atoms with van der Waals surface area (Å²) in [5.74, 6) is 0.783. The van der Waals surface area contributed by atoms with E-state index in [1.54, 1.807) is 30.2 Å². The van der Waals surface area contributed by atoms with Crippen molar-refractivity contribution in [2.24, 2.45) is 0 Å². The van der Waals surface area contributed by atoms with Gasteiger partial charge >= 0.3 is 0 Å². The van der Waals surface area contributed by atoms with E-state index in [4.69, 9.17) is 21.1 Å². The predicted molar refractivity (Wildman–Crippen MR) is 126 cm³/mol. The molecule has 0 radical (unpaired) electrons. The van der Waals surface area contributed by atoms with Gasteiger partial charge in [-0.1, -0.05) is 37.6 Å². The van der Waals surface area contributed by atoms with E-state index in [1.807, 2.05) is 38.1 Å². The summed E-state index contributed by atoms with van der Waals surface area (Å²) in [5.41, 5.74) is 0.892. The summed E-state index contributed by atoms with van der Waals surface area (Å²) < 4.78 is 11.6. The Labute approximate surface area is 197 Å². The van der Waals surface area contributed by atoms with Crippen LogP contribution in [0.25, 0.3) is 0 Å². The third kappa shape index (κ3) is 7.43. The van der Waals surface area contributed by atoms with Gasteiger partial charge in [-0.3, -0.25) is 9.59 Å². The van der Waals surface area contributed by atoms with Crippen molar-refractivity contribution in [2.75, 3.05) is 20.3 Å². The molecule has 2 aromatic rings. The van der Waals surface area contributed by atoms with Gasteiger partial charge < -0.3 is 19.7 Å². The zero-order valence-corrected chi connectivity index (χ0v) is 20.3. The Kier molecular flexibility index (Phi) is 10.1. The molecule has 0 aliphatic rings. The zero-order valence-electron chi connectivity index (χ0n) is 18.0. The van der Waals surface area contributed by atoms with E-state index in [0.29, 0.717) is 28.2 Å². The Morgan fingerprint density at radius 3 is 2.45 bits per heavy atom. The van der Waals surface area contributed by atoms with Crippen LogP contribution in [-0.4, -0.2) is 43.0 Å². The molecule has 168 valence electrons. The van der Waals surface area contributed by atoms with Gasteiger partial charge in [-0.05, 0) is 64.7 Å². The lowest BCUT2D eigenvalue weighted by atomic mass is 10.1. The van der Waals surface area contributed by atoms with Crippen molar-refractivity contribution in [2.45, 2.75) is 39.3 Å². The maximum atomic E-state index is 13.2. The monoisotopic (exact) mass is 510 g/mol. The first-order chi connectivity index (χ1) is 14.9. The lowest BCUT2D eigenvalue weighted by Gasteiger charge is -2.30. The van der Waals surface area contributed by atoms with E-state index in [9.17, 15) is 9.59 Å². The summed E-state index contributed by atoms with van der Waals surface area (Å²) in [6.07, 6.45) is 1.31. The second-order valence-corrected chi connectivity index (χ2v) is 8.24. The lowest BCUT2D eigenvalue weighted by molar-refractivity contribution is -0.143. The smallest absolute Gasteiger partial charge is 0.261 e. The van der Waals surface area contributed by atoms with Crippen molar-refractivity contribution in [3.63, 3.8) is 0 Å². The Bertz CT molecular complexity index is 876. The second kappa shape index (κ2) is 12.6. The molecule has 0 heterocycles. The quantitative estimate of drug-likeness (QED) is 0.469. The molecular formula is C23H28BrClN2O4. The van der Waals surface area contributed by atoms with E-state index in [2.05, 4.69) is 21.2 Å². The fraction of sp³-hybridized carbons (Fsp3) is 0.391. The lowest BCUT2D eigenvalue weighted by Crippen LogP contribution is -2.50. The number of benzene rings is 2. The normalized spacial score (nSPS) is 11.5. The first-order valence-electron chi connectivity index (χ1n) is 10.2. The SMILES string of the molecule is CCCNC(=O)C(CC)N(Cc1ccc(OC)cc1)C(=O)COc1ccc(Cl)cc1Br. The molecule has 2 rings (SSSR count). The number of nitrogens with zero attached hydrogens (tertiary/aromatic N) is 1. The number of carbonyl (C=O) groups excluding carboxylic acids is 2. The van der Waals surface area contributed by atoms with Crippen molar-refractivity contribution >= 4 is 39.3 Å². The minimum absolute atomic E-state index is 0.168. The molecule has 8 heteroatoms. The summed E-state index contributed by atoms with van der Waals surface area (Å²) in [6.45, 7) is 4.52. The third-order valence-electron chi connectivity index (χ3n) is 4.69. The van der Waals surface area contributed by atoms with Crippen LogP contribution in [0.5, 0.6) is 11.5 Å². The summed E-state index contributed by atoms with van der Waals surface area (Å²) in [4.78, 5) is 27.5. The van der Waals surface area contributed by atoms with Crippen LogP contribution in [0.4, 0.5) is 0 Å². The molecule has 0 aromatic heterocycles. The van der Waals surface area contributed by atoms with Crippen LogP contribution >= 0.6 is 27.5 Å². The summed E-state index contributed by atoms with van der Waals surface area (Å²) in [6, 6.07) is 11.9. The Morgan fingerprint density at radius 2 is 1.87 bits per heavy atom. The van der Waals surface area contributed by atoms with Crippen LogP contribution in [0.3, 0.4) is 0 Å². The van der Waals surface area contributed by atoms with E-state index >= 15 is 0 Å². The van der Waals surface area contributed by atoms with Gasteiger partial charge in [0.25, 0.3) is 5.91 Å². The van der Waals surface area contributed by atoms with Crippen LogP contribution in [0, 0.1) is 0 Å². The van der Waals surface area contributed by atoms with Crippen LogP contribution in [0.15, 0.2) is 46.9 Å². The average Bonchev–Trinajstić information content (AvgIpc) is 2.77. The molecule has 0 fully saturated rings. The fourth-order valence-electron chi connectivity index (χ4n) is 3.03. The predicted octanol–water partition coefficient (Wildman–Crippen LogP) is 4.82. The van der Waals surface area contributed by atoms with Gasteiger partial charge in [-0.15, -0.1) is 0 Å². The van der Waals surface area contributed by atoms with E-state index < -0.39 is 6.04 Å². The van der Waals surface area contributed by atoms with Crippen LogP contribution in [0.2, 0.25) is 5.02 Å². The Morgan fingerprint density at radius 1 is 1.16 bits per heavy atom.